The first kappa shape index (κ1) is 23.0. The molecule has 170 valence electrons. The first-order valence-corrected chi connectivity index (χ1v) is 11.4. The molecule has 0 aliphatic rings. The van der Waals surface area contributed by atoms with E-state index in [1.54, 1.807) is 6.07 Å². The molecule has 0 heterocycles. The Hall–Kier alpha value is -3.14. The van der Waals surface area contributed by atoms with Gasteiger partial charge in [-0.15, -0.1) is 0 Å². The van der Waals surface area contributed by atoms with Gasteiger partial charge >= 0.3 is 0 Å². The molecule has 4 aromatic carbocycles. The fraction of sp³-hybridized carbons (Fsp3) is 0.241. The maximum Gasteiger partial charge on any atom is 0.134 e. The minimum absolute atomic E-state index is 0.229. The summed E-state index contributed by atoms with van der Waals surface area (Å²) in [4.78, 5) is 0. The fourth-order valence-corrected chi connectivity index (χ4v) is 4.41. The summed E-state index contributed by atoms with van der Waals surface area (Å²) in [7, 11) is 0. The Morgan fingerprint density at radius 2 is 1.36 bits per heavy atom. The van der Waals surface area contributed by atoms with Crippen LogP contribution >= 0.6 is 0 Å². The van der Waals surface area contributed by atoms with Gasteiger partial charge in [0.2, 0.25) is 0 Å². The van der Waals surface area contributed by atoms with Crippen molar-refractivity contribution < 1.29 is 17.6 Å². The van der Waals surface area contributed by atoms with Crippen molar-refractivity contribution in [1.29, 1.82) is 0 Å². The molecule has 2 atom stereocenters. The Morgan fingerprint density at radius 3 is 2.03 bits per heavy atom. The van der Waals surface area contributed by atoms with E-state index in [1.165, 1.54) is 24.3 Å². The zero-order valence-electron chi connectivity index (χ0n) is 18.5. The molecule has 0 saturated carbocycles. The van der Waals surface area contributed by atoms with Crippen molar-refractivity contribution in [1.82, 2.24) is 0 Å². The second-order valence-electron chi connectivity index (χ2n) is 8.48. The van der Waals surface area contributed by atoms with Crippen molar-refractivity contribution in [3.63, 3.8) is 0 Å². The number of unbranched alkanes of at least 4 members (excludes halogenated alkanes) is 2. The number of rotatable bonds is 8. The molecule has 0 aliphatic carbocycles. The van der Waals surface area contributed by atoms with Crippen LogP contribution in [0.2, 0.25) is 0 Å². The molecule has 2 unspecified atom stereocenters. The lowest BCUT2D eigenvalue weighted by atomic mass is 9.84. The van der Waals surface area contributed by atoms with Crippen molar-refractivity contribution in [2.45, 2.75) is 44.7 Å². The minimum Gasteiger partial charge on any atom is -0.242 e. The SMILES string of the molecule is CCCCCC(c1cc(F)c(-c2ccc(F)cc2)c(F)c1)C(F)c1ccc2ccccc2c1. The zero-order chi connectivity index (χ0) is 23.4. The largest absolute Gasteiger partial charge is 0.242 e. The van der Waals surface area contributed by atoms with Crippen molar-refractivity contribution in [3.8, 4) is 11.1 Å². The summed E-state index contributed by atoms with van der Waals surface area (Å²) >= 11 is 0. The molecule has 4 rings (SSSR count). The van der Waals surface area contributed by atoms with Crippen molar-refractivity contribution in [2.24, 2.45) is 0 Å². The third kappa shape index (κ3) is 5.11. The van der Waals surface area contributed by atoms with E-state index in [2.05, 4.69) is 6.92 Å². The van der Waals surface area contributed by atoms with Crippen LogP contribution in [0.15, 0.2) is 78.9 Å². The van der Waals surface area contributed by atoms with E-state index in [4.69, 9.17) is 0 Å². The van der Waals surface area contributed by atoms with Crippen LogP contribution in [0.25, 0.3) is 21.9 Å². The summed E-state index contributed by atoms with van der Waals surface area (Å²) < 4.78 is 59.3. The predicted molar refractivity (Wildman–Crippen MR) is 126 cm³/mol. The predicted octanol–water partition coefficient (Wildman–Crippen LogP) is 9.30. The lowest BCUT2D eigenvalue weighted by Gasteiger charge is -2.23. The summed E-state index contributed by atoms with van der Waals surface area (Å²) in [6.45, 7) is 2.06. The molecule has 0 bridgehead atoms. The Morgan fingerprint density at radius 1 is 0.697 bits per heavy atom. The van der Waals surface area contributed by atoms with Crippen molar-refractivity contribution in [2.75, 3.05) is 0 Å². The lowest BCUT2D eigenvalue weighted by molar-refractivity contribution is 0.272. The van der Waals surface area contributed by atoms with Crippen LogP contribution in [0, 0.1) is 17.5 Å². The molecule has 0 nitrogen and oxygen atoms in total. The third-order valence-electron chi connectivity index (χ3n) is 6.19. The molecule has 0 aliphatic heterocycles. The van der Waals surface area contributed by atoms with E-state index in [0.29, 0.717) is 17.5 Å². The van der Waals surface area contributed by atoms with Gasteiger partial charge in [0.1, 0.15) is 23.6 Å². The molecule has 33 heavy (non-hydrogen) atoms. The smallest absolute Gasteiger partial charge is 0.134 e. The summed E-state index contributed by atoms with van der Waals surface area (Å²) in [5.74, 6) is -2.71. The van der Waals surface area contributed by atoms with Crippen LogP contribution in [0.3, 0.4) is 0 Å². The van der Waals surface area contributed by atoms with Gasteiger partial charge in [-0.1, -0.05) is 74.7 Å². The first-order chi connectivity index (χ1) is 16.0. The highest BCUT2D eigenvalue weighted by molar-refractivity contribution is 5.83. The van der Waals surface area contributed by atoms with E-state index in [9.17, 15) is 4.39 Å². The van der Waals surface area contributed by atoms with E-state index in [-0.39, 0.29) is 11.1 Å². The van der Waals surface area contributed by atoms with E-state index >= 15 is 13.2 Å². The third-order valence-corrected chi connectivity index (χ3v) is 6.19. The van der Waals surface area contributed by atoms with Gasteiger partial charge in [-0.05, 0) is 64.2 Å². The number of alkyl halides is 1. The number of halogens is 4. The highest BCUT2D eigenvalue weighted by atomic mass is 19.1. The number of fused-ring (bicyclic) bond motifs is 1. The molecule has 0 saturated heterocycles. The number of hydrogen-bond donors (Lipinski definition) is 0. The van der Waals surface area contributed by atoms with Gasteiger partial charge < -0.3 is 0 Å². The van der Waals surface area contributed by atoms with Gasteiger partial charge in [-0.2, -0.15) is 0 Å². The molecule has 0 N–H and O–H groups in total. The van der Waals surface area contributed by atoms with Crippen molar-refractivity contribution >= 4 is 10.8 Å². The van der Waals surface area contributed by atoms with Crippen LogP contribution in [0.1, 0.15) is 55.8 Å². The molecular formula is C29H26F4. The molecule has 0 spiro atoms. The van der Waals surface area contributed by atoms with Gasteiger partial charge in [0.05, 0.1) is 5.56 Å². The normalized spacial score (nSPS) is 13.2. The van der Waals surface area contributed by atoms with Gasteiger partial charge in [-0.25, -0.2) is 17.6 Å². The molecule has 0 aromatic heterocycles. The average molecular weight is 451 g/mol. The van der Waals surface area contributed by atoms with Crippen LogP contribution < -0.4 is 0 Å². The topological polar surface area (TPSA) is 0 Å². The summed E-state index contributed by atoms with van der Waals surface area (Å²) in [6.07, 6.45) is 1.72. The molecule has 0 amide bonds. The number of benzene rings is 4. The van der Waals surface area contributed by atoms with Gasteiger partial charge in [0, 0.05) is 5.92 Å². The van der Waals surface area contributed by atoms with Crippen LogP contribution in [-0.2, 0) is 0 Å². The lowest BCUT2D eigenvalue weighted by Crippen LogP contribution is -2.09. The monoisotopic (exact) mass is 450 g/mol. The van der Waals surface area contributed by atoms with Gasteiger partial charge in [-0.3, -0.25) is 0 Å². The van der Waals surface area contributed by atoms with Crippen LogP contribution in [0.5, 0.6) is 0 Å². The second kappa shape index (κ2) is 10.2. The highest BCUT2D eigenvalue weighted by Crippen LogP contribution is 2.41. The minimum atomic E-state index is -1.40. The average Bonchev–Trinajstić information content (AvgIpc) is 2.82. The molecule has 4 heteroatoms. The Balaban J connectivity index is 1.71. The Kier molecular flexibility index (Phi) is 7.12. The van der Waals surface area contributed by atoms with E-state index in [0.717, 1.165) is 42.2 Å². The molecular weight excluding hydrogens is 424 g/mol. The maximum absolute atomic E-state index is 15.9. The second-order valence-corrected chi connectivity index (χ2v) is 8.48. The molecule has 0 radical (unpaired) electrons. The van der Waals surface area contributed by atoms with E-state index in [1.807, 2.05) is 36.4 Å². The van der Waals surface area contributed by atoms with E-state index < -0.39 is 29.5 Å². The van der Waals surface area contributed by atoms with Crippen LogP contribution in [0.4, 0.5) is 17.6 Å². The summed E-state index contributed by atoms with van der Waals surface area (Å²) in [6, 6.07) is 20.6. The van der Waals surface area contributed by atoms with Gasteiger partial charge in [0.25, 0.3) is 0 Å². The maximum atomic E-state index is 15.9. The molecule has 4 aromatic rings. The summed E-state index contributed by atoms with van der Waals surface area (Å²) in [5, 5.41) is 1.94. The van der Waals surface area contributed by atoms with Gasteiger partial charge in [0.15, 0.2) is 0 Å². The fourth-order valence-electron chi connectivity index (χ4n) is 4.41. The van der Waals surface area contributed by atoms with Crippen LogP contribution in [-0.4, -0.2) is 0 Å². The van der Waals surface area contributed by atoms with Crippen molar-refractivity contribution in [3.05, 3.63) is 107 Å². The number of hydrogen-bond acceptors (Lipinski definition) is 0. The Bertz CT molecular complexity index is 1210. The standard InChI is InChI=1S/C29H26F4/c1-2-3-4-9-25(29(33)22-11-10-19-7-5-6-8-21(19)16-22)23-17-26(31)28(27(32)18-23)20-12-14-24(30)15-13-20/h5-8,10-18,25,29H,2-4,9H2,1H3. The highest BCUT2D eigenvalue weighted by Gasteiger charge is 2.27. The quantitative estimate of drug-likeness (QED) is 0.185. The first-order valence-electron chi connectivity index (χ1n) is 11.4. The molecule has 0 fully saturated rings. The Labute approximate surface area is 191 Å². The summed E-state index contributed by atoms with van der Waals surface area (Å²) in [5.41, 5.74) is 0.810. The zero-order valence-corrected chi connectivity index (χ0v) is 18.5.